The summed E-state index contributed by atoms with van der Waals surface area (Å²) < 4.78 is 2.66. The molecule has 7 aromatic carbocycles. The van der Waals surface area contributed by atoms with Gasteiger partial charge in [-0.1, -0.05) is 172 Å². The van der Waals surface area contributed by atoms with Crippen LogP contribution in [0.4, 0.5) is 0 Å². The largest absolute Gasteiger partial charge is 0.228 e. The number of hydrogen-bond donors (Lipinski definition) is 0. The first-order chi connectivity index (χ1) is 25.1. The van der Waals surface area contributed by atoms with Gasteiger partial charge in [0.15, 0.2) is 5.82 Å². The highest BCUT2D eigenvalue weighted by Crippen LogP contribution is 2.61. The third-order valence-electron chi connectivity index (χ3n) is 11.2. The molecule has 3 heteroatoms. The zero-order valence-electron chi connectivity index (χ0n) is 28.5. The maximum absolute atomic E-state index is 5.21. The van der Waals surface area contributed by atoms with Gasteiger partial charge in [-0.2, -0.15) is 0 Å². The lowest BCUT2D eigenvalue weighted by Gasteiger charge is -2.53. The Labute approximate surface area is 301 Å². The molecule has 0 bridgehead atoms. The maximum Gasteiger partial charge on any atom is 0.160 e. The highest BCUT2D eigenvalue weighted by Gasteiger charge is 2.55. The summed E-state index contributed by atoms with van der Waals surface area (Å²) in [4.78, 5) is 10.3. The van der Waals surface area contributed by atoms with Crippen LogP contribution in [0.2, 0.25) is 0 Å². The van der Waals surface area contributed by atoms with Crippen molar-refractivity contribution in [3.05, 3.63) is 192 Å². The average Bonchev–Trinajstić information content (AvgIpc) is 3.58. The zero-order chi connectivity index (χ0) is 34.2. The number of para-hydroxylation sites is 1. The van der Waals surface area contributed by atoms with Gasteiger partial charge in [0.2, 0.25) is 0 Å². The molecule has 242 valence electrons. The van der Waals surface area contributed by atoms with Crippen LogP contribution in [0.15, 0.2) is 170 Å². The van der Waals surface area contributed by atoms with E-state index < -0.39 is 5.41 Å². The van der Waals surface area contributed by atoms with Gasteiger partial charge in [-0.3, -0.25) is 0 Å². The molecule has 2 aromatic heterocycles. The first kappa shape index (κ1) is 30.0. The van der Waals surface area contributed by atoms with Gasteiger partial charge >= 0.3 is 0 Å². The maximum atomic E-state index is 5.21. The average molecular weight is 671 g/mol. The van der Waals surface area contributed by atoms with Crippen molar-refractivity contribution in [2.45, 2.75) is 24.7 Å². The highest BCUT2D eigenvalue weighted by atomic mass is 32.1. The Hall–Kier alpha value is -5.90. The summed E-state index contributed by atoms with van der Waals surface area (Å²) in [7, 11) is 0. The van der Waals surface area contributed by atoms with Crippen LogP contribution < -0.4 is 0 Å². The molecule has 0 aliphatic heterocycles. The second-order valence-electron chi connectivity index (χ2n) is 14.1. The molecule has 1 aliphatic rings. The lowest BCUT2D eigenvalue weighted by atomic mass is 9.49. The van der Waals surface area contributed by atoms with Crippen LogP contribution in [0, 0.1) is 0 Å². The molecule has 0 spiro atoms. The summed E-state index contributed by atoms with van der Waals surface area (Å²) in [6, 6.07) is 61.8. The fourth-order valence-electron chi connectivity index (χ4n) is 8.93. The number of hydrogen-bond acceptors (Lipinski definition) is 3. The first-order valence-corrected chi connectivity index (χ1v) is 18.4. The fourth-order valence-corrected chi connectivity index (χ4v) is 10.2. The standard InChI is InChI=1S/C48H34N2S/c1-47(2)39-22-10-6-17-34(39)35-18-7-11-23-40(35)48(47,41-24-14-21-37-36-19-9-13-26-43(36)51-45(37)41)33-29-27-32(28-30-33)46-49-42-25-12-8-20-38(42)44(50-46)31-15-4-3-5-16-31/h3-30H,1-2H3. The second-order valence-corrected chi connectivity index (χ2v) is 15.2. The molecule has 0 saturated carbocycles. The minimum absolute atomic E-state index is 0.316. The number of nitrogens with zero attached hydrogens (tertiary/aromatic N) is 2. The number of rotatable bonds is 4. The lowest BCUT2D eigenvalue weighted by Crippen LogP contribution is -2.49. The van der Waals surface area contributed by atoms with Gasteiger partial charge < -0.3 is 0 Å². The van der Waals surface area contributed by atoms with E-state index in [1.165, 1.54) is 53.6 Å². The SMILES string of the molecule is CC1(C)c2ccccc2-c2ccccc2C1(c1ccc(-c2nc(-c3ccccc3)c3ccccc3n2)cc1)c1cccc2c1sc1ccccc12. The molecular weight excluding hydrogens is 637 g/mol. The smallest absolute Gasteiger partial charge is 0.160 e. The zero-order valence-corrected chi connectivity index (χ0v) is 29.3. The van der Waals surface area contributed by atoms with Crippen molar-refractivity contribution in [2.75, 3.05) is 0 Å². The quantitative estimate of drug-likeness (QED) is 0.186. The summed E-state index contributed by atoms with van der Waals surface area (Å²) in [6.07, 6.45) is 0. The van der Waals surface area contributed by atoms with Crippen molar-refractivity contribution in [2.24, 2.45) is 0 Å². The van der Waals surface area contributed by atoms with Gasteiger partial charge in [-0.05, 0) is 45.5 Å². The van der Waals surface area contributed by atoms with E-state index in [0.717, 1.165) is 33.5 Å². The Morgan fingerprint density at radius 3 is 1.86 bits per heavy atom. The molecule has 0 fully saturated rings. The summed E-state index contributed by atoms with van der Waals surface area (Å²) in [5.41, 5.74) is 11.1. The van der Waals surface area contributed by atoms with Crippen LogP contribution in [-0.4, -0.2) is 9.97 Å². The van der Waals surface area contributed by atoms with Crippen LogP contribution in [0.1, 0.15) is 36.1 Å². The molecule has 9 aromatic rings. The molecular formula is C48H34N2S. The van der Waals surface area contributed by atoms with E-state index in [0.29, 0.717) is 0 Å². The monoisotopic (exact) mass is 670 g/mol. The molecule has 1 atom stereocenters. The van der Waals surface area contributed by atoms with Crippen molar-refractivity contribution in [3.8, 4) is 33.8 Å². The Balaban J connectivity index is 1.25. The Morgan fingerprint density at radius 2 is 1.06 bits per heavy atom. The minimum Gasteiger partial charge on any atom is -0.228 e. The van der Waals surface area contributed by atoms with Gasteiger partial charge in [0.1, 0.15) is 0 Å². The van der Waals surface area contributed by atoms with Crippen molar-refractivity contribution in [1.82, 2.24) is 9.97 Å². The third-order valence-corrected chi connectivity index (χ3v) is 12.4. The van der Waals surface area contributed by atoms with E-state index in [1.807, 2.05) is 17.4 Å². The number of thiophene rings is 1. The molecule has 0 N–H and O–H groups in total. The Kier molecular flexibility index (Phi) is 6.65. The third kappa shape index (κ3) is 4.28. The van der Waals surface area contributed by atoms with E-state index in [2.05, 4.69) is 178 Å². The van der Waals surface area contributed by atoms with Gasteiger partial charge in [0.05, 0.1) is 16.6 Å². The minimum atomic E-state index is -0.504. The molecule has 10 rings (SSSR count). The summed E-state index contributed by atoms with van der Waals surface area (Å²) in [5, 5.41) is 3.68. The van der Waals surface area contributed by atoms with Crippen molar-refractivity contribution < 1.29 is 0 Å². The van der Waals surface area contributed by atoms with Crippen LogP contribution >= 0.6 is 11.3 Å². The first-order valence-electron chi connectivity index (χ1n) is 17.6. The van der Waals surface area contributed by atoms with Gasteiger partial charge in [0, 0.05) is 42.1 Å². The van der Waals surface area contributed by atoms with Crippen LogP contribution in [0.25, 0.3) is 64.8 Å². The highest BCUT2D eigenvalue weighted by molar-refractivity contribution is 7.26. The van der Waals surface area contributed by atoms with Crippen molar-refractivity contribution in [1.29, 1.82) is 0 Å². The number of aromatic nitrogens is 2. The van der Waals surface area contributed by atoms with Crippen molar-refractivity contribution in [3.63, 3.8) is 0 Å². The lowest BCUT2D eigenvalue weighted by molar-refractivity contribution is 0.356. The summed E-state index contributed by atoms with van der Waals surface area (Å²) in [5.74, 6) is 0.730. The van der Waals surface area contributed by atoms with Gasteiger partial charge in [-0.15, -0.1) is 11.3 Å². The van der Waals surface area contributed by atoms with E-state index in [1.54, 1.807) is 0 Å². The fraction of sp³-hybridized carbons (Fsp3) is 0.0833. The van der Waals surface area contributed by atoms with Gasteiger partial charge in [-0.25, -0.2) is 9.97 Å². The molecule has 2 nitrogen and oxygen atoms in total. The topological polar surface area (TPSA) is 25.8 Å². The van der Waals surface area contributed by atoms with E-state index >= 15 is 0 Å². The van der Waals surface area contributed by atoms with Crippen LogP contribution in [0.3, 0.4) is 0 Å². The van der Waals surface area contributed by atoms with Crippen LogP contribution in [-0.2, 0) is 10.8 Å². The summed E-state index contributed by atoms with van der Waals surface area (Å²) in [6.45, 7) is 4.89. The normalized spacial score (nSPS) is 16.3. The van der Waals surface area contributed by atoms with Gasteiger partial charge in [0.25, 0.3) is 0 Å². The van der Waals surface area contributed by atoms with Crippen molar-refractivity contribution >= 4 is 42.4 Å². The summed E-state index contributed by atoms with van der Waals surface area (Å²) >= 11 is 1.91. The molecule has 2 heterocycles. The second kappa shape index (κ2) is 11.3. The van der Waals surface area contributed by atoms with E-state index in [9.17, 15) is 0 Å². The number of benzene rings is 7. The molecule has 0 radical (unpaired) electrons. The Morgan fingerprint density at radius 1 is 0.451 bits per heavy atom. The molecule has 0 saturated heterocycles. The van der Waals surface area contributed by atoms with Crippen LogP contribution in [0.5, 0.6) is 0 Å². The molecule has 1 unspecified atom stereocenters. The van der Waals surface area contributed by atoms with E-state index in [-0.39, 0.29) is 5.41 Å². The molecule has 1 aliphatic carbocycles. The molecule has 0 amide bonds. The Bertz CT molecular complexity index is 2780. The predicted octanol–water partition coefficient (Wildman–Crippen LogP) is 12.6. The molecule has 51 heavy (non-hydrogen) atoms. The predicted molar refractivity (Wildman–Crippen MR) is 215 cm³/mol. The van der Waals surface area contributed by atoms with E-state index in [4.69, 9.17) is 9.97 Å². The number of fused-ring (bicyclic) bond motifs is 7.